The Bertz CT molecular complexity index is 1070. The van der Waals surface area contributed by atoms with Gasteiger partial charge >= 0.3 is 0 Å². The summed E-state index contributed by atoms with van der Waals surface area (Å²) < 4.78 is 0. The highest BCUT2D eigenvalue weighted by Crippen LogP contribution is 2.26. The van der Waals surface area contributed by atoms with E-state index in [2.05, 4.69) is 36.5 Å². The third kappa shape index (κ3) is 5.46. The van der Waals surface area contributed by atoms with E-state index in [1.165, 1.54) is 51.4 Å². The molecule has 2 aliphatic carbocycles. The van der Waals surface area contributed by atoms with E-state index in [0.717, 1.165) is 53.1 Å². The van der Waals surface area contributed by atoms with Crippen LogP contribution in [-0.4, -0.2) is 31.0 Å². The van der Waals surface area contributed by atoms with Crippen LogP contribution in [0.2, 0.25) is 0 Å². The predicted molar refractivity (Wildman–Crippen MR) is 125 cm³/mol. The Kier molecular flexibility index (Phi) is 7.73. The van der Waals surface area contributed by atoms with Crippen molar-refractivity contribution in [3.8, 4) is 6.07 Å². The quantitative estimate of drug-likeness (QED) is 0.249. The lowest BCUT2D eigenvalue weighted by molar-refractivity contribution is 0.221. The maximum atomic E-state index is 9.38. The molecule has 0 radical (unpaired) electrons. The number of aromatic nitrogens is 4. The average Bonchev–Trinajstić information content (AvgIpc) is 3.48. The largest absolute Gasteiger partial charge is 0.346 e. The number of nitrogens with one attached hydrogen (secondary N) is 3. The van der Waals surface area contributed by atoms with Gasteiger partial charge in [0.05, 0.1) is 24.3 Å². The SMILES string of the molecule is N#CCC1CCCCC1.ONC(=NCc1nc2c(cnc3[nH]ccc32)[nH]1)C1CCCCC1. The van der Waals surface area contributed by atoms with Crippen LogP contribution in [0.25, 0.3) is 22.1 Å². The molecule has 0 atom stereocenters. The molecule has 8 heteroatoms. The van der Waals surface area contributed by atoms with Gasteiger partial charge in [0.15, 0.2) is 0 Å². The van der Waals surface area contributed by atoms with Crippen molar-refractivity contribution in [1.29, 1.82) is 5.26 Å². The van der Waals surface area contributed by atoms with Crippen LogP contribution >= 0.6 is 0 Å². The molecule has 0 spiro atoms. The predicted octanol–water partition coefficient (Wildman–Crippen LogP) is 5.38. The summed E-state index contributed by atoms with van der Waals surface area (Å²) in [5.74, 6) is 2.52. The number of rotatable bonds is 4. The first-order chi connectivity index (χ1) is 15.8. The minimum absolute atomic E-state index is 0.330. The fraction of sp³-hybridized carbons (Fsp3) is 0.583. The molecule has 5 rings (SSSR count). The molecule has 0 aromatic carbocycles. The fourth-order valence-electron chi connectivity index (χ4n) is 4.91. The van der Waals surface area contributed by atoms with Crippen molar-refractivity contribution in [2.24, 2.45) is 16.8 Å². The van der Waals surface area contributed by atoms with E-state index in [0.29, 0.717) is 18.3 Å². The van der Waals surface area contributed by atoms with Crippen molar-refractivity contribution in [2.75, 3.05) is 0 Å². The van der Waals surface area contributed by atoms with Gasteiger partial charge in [-0.1, -0.05) is 38.5 Å². The number of hydrogen-bond donors (Lipinski definition) is 4. The fourth-order valence-corrected chi connectivity index (χ4v) is 4.91. The summed E-state index contributed by atoms with van der Waals surface area (Å²) in [6.45, 7) is 0.417. The van der Waals surface area contributed by atoms with Crippen molar-refractivity contribution in [2.45, 2.75) is 77.2 Å². The number of aromatic amines is 2. The molecule has 0 unspecified atom stereocenters. The standard InChI is InChI=1S/C16H20N6O.C8H13N/c23-22-15(10-4-2-1-3-5-10)19-9-13-20-12-8-18-16-11(6-7-17-16)14(12)21-13;9-7-6-8-4-2-1-3-5-8/h6-8,10,23H,1-5,9H2,(H,17,18)(H,19,22)(H,20,21);8H,1-6H2. The van der Waals surface area contributed by atoms with Gasteiger partial charge in [0.25, 0.3) is 0 Å². The second-order valence-electron chi connectivity index (χ2n) is 8.96. The molecule has 2 saturated carbocycles. The van der Waals surface area contributed by atoms with E-state index in [1.807, 2.05) is 12.3 Å². The maximum absolute atomic E-state index is 9.38. The number of fused-ring (bicyclic) bond motifs is 3. The van der Waals surface area contributed by atoms with Crippen LogP contribution in [-0.2, 0) is 6.54 Å². The number of nitrogens with zero attached hydrogens (tertiary/aromatic N) is 4. The number of nitriles is 1. The first kappa shape index (κ1) is 22.3. The second kappa shape index (κ2) is 11.1. The van der Waals surface area contributed by atoms with Gasteiger partial charge in [-0.05, 0) is 37.7 Å². The number of pyridine rings is 1. The zero-order valence-corrected chi connectivity index (χ0v) is 18.6. The molecule has 0 saturated heterocycles. The summed E-state index contributed by atoms with van der Waals surface area (Å²) in [5.41, 5.74) is 4.93. The van der Waals surface area contributed by atoms with Gasteiger partial charge in [0.2, 0.25) is 0 Å². The molecular formula is C24H33N7O. The van der Waals surface area contributed by atoms with Crippen molar-refractivity contribution in [3.63, 3.8) is 0 Å². The van der Waals surface area contributed by atoms with Gasteiger partial charge < -0.3 is 9.97 Å². The first-order valence-corrected chi connectivity index (χ1v) is 11.9. The summed E-state index contributed by atoms with van der Waals surface area (Å²) in [6.07, 6.45) is 17.0. The summed E-state index contributed by atoms with van der Waals surface area (Å²) in [4.78, 5) is 19.9. The highest BCUT2D eigenvalue weighted by atomic mass is 16.5. The lowest BCUT2D eigenvalue weighted by atomic mass is 9.87. The third-order valence-corrected chi connectivity index (χ3v) is 6.69. The molecule has 2 aliphatic rings. The third-order valence-electron chi connectivity index (χ3n) is 6.69. The Labute approximate surface area is 188 Å². The van der Waals surface area contributed by atoms with Crippen LogP contribution in [0, 0.1) is 23.2 Å². The van der Waals surface area contributed by atoms with Gasteiger partial charge in [-0.3, -0.25) is 15.7 Å². The van der Waals surface area contributed by atoms with E-state index < -0.39 is 0 Å². The number of imidazole rings is 1. The van der Waals surface area contributed by atoms with Crippen molar-refractivity contribution in [3.05, 3.63) is 24.3 Å². The minimum Gasteiger partial charge on any atom is -0.346 e. The maximum Gasteiger partial charge on any atom is 0.139 e. The molecule has 3 aromatic rings. The molecule has 3 aromatic heterocycles. The smallest absolute Gasteiger partial charge is 0.139 e. The number of H-pyrrole nitrogens is 2. The molecule has 2 fully saturated rings. The molecule has 0 bridgehead atoms. The molecule has 32 heavy (non-hydrogen) atoms. The van der Waals surface area contributed by atoms with Crippen LogP contribution in [0.3, 0.4) is 0 Å². The Morgan fingerprint density at radius 3 is 2.62 bits per heavy atom. The second-order valence-corrected chi connectivity index (χ2v) is 8.96. The van der Waals surface area contributed by atoms with Crippen molar-refractivity contribution >= 4 is 27.9 Å². The number of hydrogen-bond acceptors (Lipinski definition) is 5. The molecule has 4 N–H and O–H groups in total. The summed E-state index contributed by atoms with van der Waals surface area (Å²) in [6, 6.07) is 4.21. The van der Waals surface area contributed by atoms with Crippen LogP contribution in [0.4, 0.5) is 0 Å². The highest BCUT2D eigenvalue weighted by Gasteiger charge is 2.19. The van der Waals surface area contributed by atoms with Crippen molar-refractivity contribution < 1.29 is 5.21 Å². The van der Waals surface area contributed by atoms with E-state index in [-0.39, 0.29) is 0 Å². The number of amidine groups is 1. The molecular weight excluding hydrogens is 402 g/mol. The normalized spacial score (nSPS) is 18.3. The monoisotopic (exact) mass is 435 g/mol. The molecule has 0 amide bonds. The van der Waals surface area contributed by atoms with Gasteiger partial charge in [0.1, 0.15) is 22.8 Å². The molecule has 170 valence electrons. The Morgan fingerprint density at radius 1 is 1.16 bits per heavy atom. The van der Waals surface area contributed by atoms with Crippen LogP contribution in [0.15, 0.2) is 23.5 Å². The van der Waals surface area contributed by atoms with Gasteiger partial charge in [0, 0.05) is 23.9 Å². The van der Waals surface area contributed by atoms with E-state index in [4.69, 9.17) is 5.26 Å². The average molecular weight is 436 g/mol. The Morgan fingerprint density at radius 2 is 1.91 bits per heavy atom. The lowest BCUT2D eigenvalue weighted by Gasteiger charge is -2.22. The molecule has 8 nitrogen and oxygen atoms in total. The first-order valence-electron chi connectivity index (χ1n) is 11.9. The van der Waals surface area contributed by atoms with E-state index in [1.54, 1.807) is 6.20 Å². The zero-order valence-electron chi connectivity index (χ0n) is 18.6. The van der Waals surface area contributed by atoms with Gasteiger partial charge in [-0.2, -0.15) is 5.26 Å². The number of hydroxylamine groups is 1. The summed E-state index contributed by atoms with van der Waals surface area (Å²) in [5, 5.41) is 18.8. The van der Waals surface area contributed by atoms with E-state index in [9.17, 15) is 5.21 Å². The summed E-state index contributed by atoms with van der Waals surface area (Å²) >= 11 is 0. The lowest BCUT2D eigenvalue weighted by Crippen LogP contribution is -2.30. The van der Waals surface area contributed by atoms with Gasteiger partial charge in [-0.15, -0.1) is 0 Å². The minimum atomic E-state index is 0.330. The van der Waals surface area contributed by atoms with Crippen molar-refractivity contribution in [1.82, 2.24) is 25.4 Å². The zero-order chi connectivity index (χ0) is 22.2. The Balaban J connectivity index is 0.000000230. The highest BCUT2D eigenvalue weighted by molar-refractivity contribution is 6.00. The van der Waals surface area contributed by atoms with Crippen LogP contribution in [0.5, 0.6) is 0 Å². The van der Waals surface area contributed by atoms with E-state index >= 15 is 0 Å². The topological polar surface area (TPSA) is 126 Å². The number of aliphatic imine (C=N–C) groups is 1. The van der Waals surface area contributed by atoms with Gasteiger partial charge in [-0.25, -0.2) is 9.97 Å². The molecule has 0 aliphatic heterocycles. The Hall–Kier alpha value is -2.92. The molecule has 3 heterocycles. The van der Waals surface area contributed by atoms with Crippen LogP contribution in [0.1, 0.15) is 76.5 Å². The summed E-state index contributed by atoms with van der Waals surface area (Å²) in [7, 11) is 0. The van der Waals surface area contributed by atoms with Crippen LogP contribution < -0.4 is 5.48 Å².